The lowest BCUT2D eigenvalue weighted by atomic mass is 9.98. The third kappa shape index (κ3) is 2.82. The summed E-state index contributed by atoms with van der Waals surface area (Å²) in [6.07, 6.45) is 9.68. The second kappa shape index (κ2) is 6.23. The minimum atomic E-state index is -4.09. The SMILES string of the molecule is O=C(Nc1cc2c(c3c1CCC3)CCC2)NS(=O)(=O)c1cnn2c1OCC1(CC1)C2. The lowest BCUT2D eigenvalue weighted by Gasteiger charge is -2.24. The molecule has 2 N–H and O–H groups in total. The monoisotopic (exact) mass is 428 g/mol. The number of amides is 2. The van der Waals surface area contributed by atoms with Gasteiger partial charge in [-0.25, -0.2) is 22.6 Å². The zero-order valence-corrected chi connectivity index (χ0v) is 17.5. The van der Waals surface area contributed by atoms with Gasteiger partial charge in [-0.15, -0.1) is 0 Å². The van der Waals surface area contributed by atoms with E-state index in [0.717, 1.165) is 62.6 Å². The Kier molecular flexibility index (Phi) is 3.79. The van der Waals surface area contributed by atoms with Crippen molar-refractivity contribution in [2.75, 3.05) is 11.9 Å². The first kappa shape index (κ1) is 18.2. The molecular formula is C21H24N4O4S. The van der Waals surface area contributed by atoms with Crippen LogP contribution in [-0.2, 0) is 42.3 Å². The van der Waals surface area contributed by atoms with Crippen molar-refractivity contribution < 1.29 is 17.9 Å². The molecule has 6 rings (SSSR count). The molecule has 158 valence electrons. The molecule has 0 radical (unpaired) electrons. The molecule has 2 heterocycles. The van der Waals surface area contributed by atoms with Crippen molar-refractivity contribution in [3.8, 4) is 5.88 Å². The average Bonchev–Trinajstić information content (AvgIpc) is 3.14. The average molecular weight is 429 g/mol. The van der Waals surface area contributed by atoms with Crippen LogP contribution in [0.3, 0.4) is 0 Å². The molecule has 4 aliphatic rings. The van der Waals surface area contributed by atoms with E-state index < -0.39 is 16.1 Å². The van der Waals surface area contributed by atoms with Crippen molar-refractivity contribution >= 4 is 21.7 Å². The van der Waals surface area contributed by atoms with E-state index in [1.807, 2.05) is 6.07 Å². The molecule has 0 saturated heterocycles. The van der Waals surface area contributed by atoms with Crippen LogP contribution < -0.4 is 14.8 Å². The van der Waals surface area contributed by atoms with Crippen LogP contribution in [0.25, 0.3) is 0 Å². The highest BCUT2D eigenvalue weighted by Gasteiger charge is 2.48. The van der Waals surface area contributed by atoms with Gasteiger partial charge in [-0.05, 0) is 79.7 Å². The number of hydrogen-bond acceptors (Lipinski definition) is 5. The number of benzene rings is 1. The molecule has 0 unspecified atom stereocenters. The van der Waals surface area contributed by atoms with Crippen LogP contribution in [-0.4, -0.2) is 30.8 Å². The highest BCUT2D eigenvalue weighted by molar-refractivity contribution is 7.90. The molecule has 2 aromatic rings. The Morgan fingerprint density at radius 2 is 1.87 bits per heavy atom. The number of hydrogen-bond donors (Lipinski definition) is 2. The fourth-order valence-corrected chi connectivity index (χ4v) is 6.19. The maximum absolute atomic E-state index is 12.9. The Balaban J connectivity index is 1.23. The summed E-state index contributed by atoms with van der Waals surface area (Å²) in [5.74, 6) is 0.214. The molecule has 1 aliphatic heterocycles. The quantitative estimate of drug-likeness (QED) is 0.782. The smallest absolute Gasteiger partial charge is 0.333 e. The molecule has 1 aromatic carbocycles. The Morgan fingerprint density at radius 1 is 1.10 bits per heavy atom. The summed E-state index contributed by atoms with van der Waals surface area (Å²) in [5.41, 5.74) is 6.08. The highest BCUT2D eigenvalue weighted by Crippen LogP contribution is 2.50. The lowest BCUT2D eigenvalue weighted by Crippen LogP contribution is -2.35. The first-order valence-corrected chi connectivity index (χ1v) is 12.1. The first-order chi connectivity index (χ1) is 14.4. The summed E-state index contributed by atoms with van der Waals surface area (Å²) in [6.45, 7) is 1.15. The predicted octanol–water partition coefficient (Wildman–Crippen LogP) is 2.54. The number of carbonyl (C=O) groups excluding carboxylic acids is 1. The van der Waals surface area contributed by atoms with Crippen LogP contribution in [0, 0.1) is 5.41 Å². The molecule has 3 aliphatic carbocycles. The molecule has 0 atom stereocenters. The fraction of sp³-hybridized carbons (Fsp3) is 0.524. The van der Waals surface area contributed by atoms with Crippen LogP contribution in [0.15, 0.2) is 17.2 Å². The number of aromatic nitrogens is 2. The number of fused-ring (bicyclic) bond motifs is 4. The van der Waals surface area contributed by atoms with E-state index in [0.29, 0.717) is 13.2 Å². The van der Waals surface area contributed by atoms with Gasteiger partial charge in [-0.3, -0.25) is 0 Å². The number of nitrogens with one attached hydrogen (secondary N) is 2. The number of ether oxygens (including phenoxy) is 1. The van der Waals surface area contributed by atoms with E-state index in [9.17, 15) is 13.2 Å². The first-order valence-electron chi connectivity index (χ1n) is 10.6. The molecule has 1 spiro atoms. The third-order valence-corrected chi connectivity index (χ3v) is 8.28. The van der Waals surface area contributed by atoms with Crippen molar-refractivity contribution in [3.63, 3.8) is 0 Å². The van der Waals surface area contributed by atoms with Gasteiger partial charge in [0.1, 0.15) is 0 Å². The lowest BCUT2D eigenvalue weighted by molar-refractivity contribution is 0.144. The molecule has 9 heteroatoms. The summed E-state index contributed by atoms with van der Waals surface area (Å²) < 4.78 is 35.2. The van der Waals surface area contributed by atoms with Gasteiger partial charge in [0.25, 0.3) is 10.0 Å². The van der Waals surface area contributed by atoms with Crippen molar-refractivity contribution in [1.82, 2.24) is 14.5 Å². The largest absolute Gasteiger partial charge is 0.476 e. The Labute approximate surface area is 175 Å². The number of aryl methyl sites for hydroxylation is 1. The Bertz CT molecular complexity index is 1180. The molecular weight excluding hydrogens is 404 g/mol. The van der Waals surface area contributed by atoms with Crippen molar-refractivity contribution in [2.24, 2.45) is 5.41 Å². The molecule has 2 amide bonds. The predicted molar refractivity (Wildman–Crippen MR) is 109 cm³/mol. The van der Waals surface area contributed by atoms with Crippen LogP contribution in [0.1, 0.15) is 47.9 Å². The van der Waals surface area contributed by atoms with E-state index >= 15 is 0 Å². The van der Waals surface area contributed by atoms with Crippen LogP contribution in [0.4, 0.5) is 10.5 Å². The minimum absolute atomic E-state index is 0.0904. The van der Waals surface area contributed by atoms with E-state index in [1.165, 1.54) is 22.9 Å². The van der Waals surface area contributed by atoms with Gasteiger partial charge in [0.2, 0.25) is 5.88 Å². The third-order valence-electron chi connectivity index (χ3n) is 6.97. The summed E-state index contributed by atoms with van der Waals surface area (Å²) in [4.78, 5) is 12.5. The zero-order chi connectivity index (χ0) is 20.5. The number of carbonyl (C=O) groups is 1. The summed E-state index contributed by atoms with van der Waals surface area (Å²) in [6, 6.07) is 1.27. The Morgan fingerprint density at radius 3 is 2.70 bits per heavy atom. The van der Waals surface area contributed by atoms with Crippen molar-refractivity contribution in [2.45, 2.75) is 62.8 Å². The van der Waals surface area contributed by atoms with Gasteiger partial charge in [-0.2, -0.15) is 5.10 Å². The van der Waals surface area contributed by atoms with Gasteiger partial charge in [0.15, 0.2) is 4.90 Å². The van der Waals surface area contributed by atoms with Crippen LogP contribution in [0.5, 0.6) is 5.88 Å². The number of urea groups is 1. The molecule has 30 heavy (non-hydrogen) atoms. The molecule has 1 aromatic heterocycles. The number of rotatable bonds is 3. The standard InChI is InChI=1S/C21H24N4O4S/c26-20(23-17-9-13-3-1-4-14(13)15-5-2-6-16(15)17)24-30(27,28)18-10-22-25-11-21(7-8-21)12-29-19(18)25/h9-10H,1-8,11-12H2,(H2,23,24,26). The Hall–Kier alpha value is -2.55. The van der Waals surface area contributed by atoms with E-state index in [1.54, 1.807) is 4.68 Å². The van der Waals surface area contributed by atoms with Gasteiger partial charge in [-0.1, -0.05) is 0 Å². The van der Waals surface area contributed by atoms with E-state index in [2.05, 4.69) is 15.1 Å². The minimum Gasteiger partial charge on any atom is -0.476 e. The summed E-state index contributed by atoms with van der Waals surface area (Å²) in [5, 5.41) is 6.97. The number of sulfonamides is 1. The molecule has 1 fully saturated rings. The van der Waals surface area contributed by atoms with Crippen LogP contribution >= 0.6 is 0 Å². The summed E-state index contributed by atoms with van der Waals surface area (Å²) in [7, 11) is -4.09. The second-order valence-electron chi connectivity index (χ2n) is 9.05. The highest BCUT2D eigenvalue weighted by atomic mass is 32.2. The molecule has 1 saturated carbocycles. The molecule has 8 nitrogen and oxygen atoms in total. The van der Waals surface area contributed by atoms with Gasteiger partial charge in [0, 0.05) is 11.1 Å². The van der Waals surface area contributed by atoms with Gasteiger partial charge < -0.3 is 10.1 Å². The number of anilines is 1. The van der Waals surface area contributed by atoms with Gasteiger partial charge in [0.05, 0.1) is 19.3 Å². The van der Waals surface area contributed by atoms with Gasteiger partial charge >= 0.3 is 6.03 Å². The van der Waals surface area contributed by atoms with Crippen molar-refractivity contribution in [1.29, 1.82) is 0 Å². The fourth-order valence-electron chi connectivity index (χ4n) is 5.21. The van der Waals surface area contributed by atoms with Crippen LogP contribution in [0.2, 0.25) is 0 Å². The topological polar surface area (TPSA) is 102 Å². The normalized spacial score (nSPS) is 20.3. The summed E-state index contributed by atoms with van der Waals surface area (Å²) >= 11 is 0. The van der Waals surface area contributed by atoms with E-state index in [4.69, 9.17) is 4.74 Å². The van der Waals surface area contributed by atoms with Crippen molar-refractivity contribution in [3.05, 3.63) is 34.5 Å². The van der Waals surface area contributed by atoms with E-state index in [-0.39, 0.29) is 16.2 Å². The maximum atomic E-state index is 12.9. The molecule has 0 bridgehead atoms. The number of nitrogens with zero attached hydrogens (tertiary/aromatic N) is 2. The second-order valence-corrected chi connectivity index (χ2v) is 10.7. The maximum Gasteiger partial charge on any atom is 0.333 e. The zero-order valence-electron chi connectivity index (χ0n) is 16.7.